The molecule has 0 saturated heterocycles. The third kappa shape index (κ3) is 3.79. The molecular weight excluding hydrogens is 176 g/mol. The van der Waals surface area contributed by atoms with E-state index in [1.165, 1.54) is 5.56 Å². The summed E-state index contributed by atoms with van der Waals surface area (Å²) < 4.78 is 5.46. The van der Waals surface area contributed by atoms with E-state index in [0.717, 1.165) is 12.2 Å². The Balaban J connectivity index is 2.36. The van der Waals surface area contributed by atoms with Gasteiger partial charge in [0.25, 0.3) is 0 Å². The first kappa shape index (κ1) is 11.1. The third-order valence-electron chi connectivity index (χ3n) is 2.14. The normalized spacial score (nSPS) is 12.5. The monoisotopic (exact) mass is 194 g/mol. The van der Waals surface area contributed by atoms with Gasteiger partial charge in [0.15, 0.2) is 0 Å². The maximum absolute atomic E-state index is 9.03. The van der Waals surface area contributed by atoms with E-state index < -0.39 is 0 Å². The number of ether oxygens (including phenoxy) is 1. The van der Waals surface area contributed by atoms with E-state index in [1.807, 2.05) is 12.1 Å². The van der Waals surface area contributed by atoms with Gasteiger partial charge >= 0.3 is 0 Å². The molecule has 1 atom stereocenters. The fourth-order valence-electron chi connectivity index (χ4n) is 1.17. The summed E-state index contributed by atoms with van der Waals surface area (Å²) in [4.78, 5) is 0. The van der Waals surface area contributed by atoms with Gasteiger partial charge in [-0.1, -0.05) is 19.1 Å². The molecule has 1 N–H and O–H groups in total. The molecule has 2 heteroatoms. The molecule has 0 aliphatic rings. The van der Waals surface area contributed by atoms with Crippen molar-refractivity contribution in [3.63, 3.8) is 0 Å². The van der Waals surface area contributed by atoms with Crippen molar-refractivity contribution >= 4 is 0 Å². The molecule has 0 aromatic heterocycles. The van der Waals surface area contributed by atoms with Crippen molar-refractivity contribution in [2.45, 2.75) is 32.8 Å². The van der Waals surface area contributed by atoms with Crippen LogP contribution in [-0.2, 0) is 6.42 Å². The highest BCUT2D eigenvalue weighted by atomic mass is 16.5. The maximum Gasteiger partial charge on any atom is 0.119 e. The summed E-state index contributed by atoms with van der Waals surface area (Å²) in [5.74, 6) is 0.878. The Hall–Kier alpha value is -1.02. The van der Waals surface area contributed by atoms with Crippen LogP contribution in [0.15, 0.2) is 24.3 Å². The predicted molar refractivity (Wildman–Crippen MR) is 57.6 cm³/mol. The summed E-state index contributed by atoms with van der Waals surface area (Å²) in [6, 6.07) is 8.08. The minimum atomic E-state index is -0.287. The summed E-state index contributed by atoms with van der Waals surface area (Å²) >= 11 is 0. The number of benzene rings is 1. The molecule has 0 amide bonds. The van der Waals surface area contributed by atoms with Crippen molar-refractivity contribution in [1.29, 1.82) is 0 Å². The van der Waals surface area contributed by atoms with Gasteiger partial charge in [-0.25, -0.2) is 0 Å². The number of hydrogen-bond acceptors (Lipinski definition) is 2. The first-order valence-electron chi connectivity index (χ1n) is 5.12. The summed E-state index contributed by atoms with van der Waals surface area (Å²) in [5, 5.41) is 9.03. The second-order valence-corrected chi connectivity index (χ2v) is 3.48. The topological polar surface area (TPSA) is 29.5 Å². The van der Waals surface area contributed by atoms with Crippen LogP contribution in [0.5, 0.6) is 5.75 Å². The summed E-state index contributed by atoms with van der Waals surface area (Å²) in [6.07, 6.45) is 1.44. The number of hydrogen-bond donors (Lipinski definition) is 1. The molecule has 1 unspecified atom stereocenters. The number of aliphatic hydroxyl groups excluding tert-OH is 1. The lowest BCUT2D eigenvalue weighted by molar-refractivity contribution is 0.155. The minimum absolute atomic E-state index is 0.287. The molecule has 0 aliphatic heterocycles. The van der Waals surface area contributed by atoms with Gasteiger partial charge in [-0.3, -0.25) is 0 Å². The zero-order valence-electron chi connectivity index (χ0n) is 8.86. The zero-order chi connectivity index (χ0) is 10.4. The highest BCUT2D eigenvalue weighted by molar-refractivity contribution is 5.27. The molecule has 0 aliphatic carbocycles. The molecule has 2 nitrogen and oxygen atoms in total. The van der Waals surface area contributed by atoms with Crippen LogP contribution in [-0.4, -0.2) is 17.8 Å². The molecule has 0 bridgehead atoms. The molecule has 0 saturated carbocycles. The Morgan fingerprint density at radius 1 is 1.29 bits per heavy atom. The van der Waals surface area contributed by atoms with E-state index in [4.69, 9.17) is 9.84 Å². The second-order valence-electron chi connectivity index (χ2n) is 3.48. The van der Waals surface area contributed by atoms with Gasteiger partial charge in [-0.2, -0.15) is 0 Å². The fourth-order valence-corrected chi connectivity index (χ4v) is 1.17. The molecule has 0 fully saturated rings. The fraction of sp³-hybridized carbons (Fsp3) is 0.500. The van der Waals surface area contributed by atoms with Crippen LogP contribution in [0.4, 0.5) is 0 Å². The number of aliphatic hydroxyl groups is 1. The lowest BCUT2D eigenvalue weighted by atomic mass is 10.2. The maximum atomic E-state index is 9.03. The van der Waals surface area contributed by atoms with Gasteiger partial charge in [-0.05, 0) is 31.0 Å². The van der Waals surface area contributed by atoms with Crippen molar-refractivity contribution in [2.24, 2.45) is 0 Å². The van der Waals surface area contributed by atoms with Crippen molar-refractivity contribution in [3.8, 4) is 5.75 Å². The van der Waals surface area contributed by atoms with Crippen LogP contribution in [0.1, 0.15) is 25.8 Å². The van der Waals surface area contributed by atoms with Crippen LogP contribution in [0.2, 0.25) is 0 Å². The average Bonchev–Trinajstić information content (AvgIpc) is 2.18. The third-order valence-corrected chi connectivity index (χ3v) is 2.14. The van der Waals surface area contributed by atoms with Gasteiger partial charge < -0.3 is 9.84 Å². The van der Waals surface area contributed by atoms with E-state index in [-0.39, 0.29) is 6.10 Å². The smallest absolute Gasteiger partial charge is 0.119 e. The Morgan fingerprint density at radius 3 is 2.43 bits per heavy atom. The largest absolute Gasteiger partial charge is 0.493 e. The van der Waals surface area contributed by atoms with E-state index in [0.29, 0.717) is 13.0 Å². The van der Waals surface area contributed by atoms with Gasteiger partial charge in [0.05, 0.1) is 12.7 Å². The quantitative estimate of drug-likeness (QED) is 0.780. The lowest BCUT2D eigenvalue weighted by Crippen LogP contribution is -2.07. The van der Waals surface area contributed by atoms with Crippen LogP contribution < -0.4 is 4.74 Å². The van der Waals surface area contributed by atoms with Crippen LogP contribution in [0.3, 0.4) is 0 Å². The molecule has 78 valence electrons. The second kappa shape index (κ2) is 5.66. The minimum Gasteiger partial charge on any atom is -0.493 e. The Kier molecular flexibility index (Phi) is 4.47. The Morgan fingerprint density at radius 2 is 1.93 bits per heavy atom. The van der Waals surface area contributed by atoms with Gasteiger partial charge in [0, 0.05) is 6.42 Å². The van der Waals surface area contributed by atoms with E-state index in [2.05, 4.69) is 19.1 Å². The summed E-state index contributed by atoms with van der Waals surface area (Å²) in [7, 11) is 0. The van der Waals surface area contributed by atoms with Gasteiger partial charge in [-0.15, -0.1) is 0 Å². The van der Waals surface area contributed by atoms with Crippen LogP contribution in [0.25, 0.3) is 0 Å². The Labute approximate surface area is 85.5 Å². The molecule has 0 spiro atoms. The molecule has 1 aromatic carbocycles. The SMILES string of the molecule is CCc1ccc(OCCC(C)O)cc1. The van der Waals surface area contributed by atoms with E-state index >= 15 is 0 Å². The van der Waals surface area contributed by atoms with Gasteiger partial charge in [0.2, 0.25) is 0 Å². The average molecular weight is 194 g/mol. The van der Waals surface area contributed by atoms with E-state index in [1.54, 1.807) is 6.92 Å². The highest BCUT2D eigenvalue weighted by Crippen LogP contribution is 2.12. The molecule has 14 heavy (non-hydrogen) atoms. The molecular formula is C12H18O2. The first-order valence-corrected chi connectivity index (χ1v) is 5.12. The molecule has 1 aromatic rings. The van der Waals surface area contributed by atoms with Crippen LogP contribution >= 0.6 is 0 Å². The van der Waals surface area contributed by atoms with Crippen molar-refractivity contribution in [3.05, 3.63) is 29.8 Å². The highest BCUT2D eigenvalue weighted by Gasteiger charge is 1.97. The van der Waals surface area contributed by atoms with Crippen molar-refractivity contribution in [2.75, 3.05) is 6.61 Å². The standard InChI is InChI=1S/C12H18O2/c1-3-11-4-6-12(7-5-11)14-9-8-10(2)13/h4-7,10,13H,3,8-9H2,1-2H3. The number of aryl methyl sites for hydroxylation is 1. The summed E-state index contributed by atoms with van der Waals surface area (Å²) in [6.45, 7) is 4.47. The lowest BCUT2D eigenvalue weighted by Gasteiger charge is -2.07. The molecule has 0 radical (unpaired) electrons. The first-order chi connectivity index (χ1) is 6.72. The molecule has 1 rings (SSSR count). The number of rotatable bonds is 5. The predicted octanol–water partition coefficient (Wildman–Crippen LogP) is 2.40. The zero-order valence-corrected chi connectivity index (χ0v) is 8.86. The van der Waals surface area contributed by atoms with Crippen molar-refractivity contribution < 1.29 is 9.84 Å². The van der Waals surface area contributed by atoms with Crippen LogP contribution in [0, 0.1) is 0 Å². The van der Waals surface area contributed by atoms with E-state index in [9.17, 15) is 0 Å². The summed E-state index contributed by atoms with van der Waals surface area (Å²) in [5.41, 5.74) is 1.31. The van der Waals surface area contributed by atoms with Crippen molar-refractivity contribution in [1.82, 2.24) is 0 Å². The van der Waals surface area contributed by atoms with Gasteiger partial charge in [0.1, 0.15) is 5.75 Å². The molecule has 0 heterocycles. The Bertz CT molecular complexity index is 252.